The second-order valence-electron chi connectivity index (χ2n) is 5.91. The van der Waals surface area contributed by atoms with Gasteiger partial charge < -0.3 is 10.2 Å². The van der Waals surface area contributed by atoms with Crippen molar-refractivity contribution in [1.29, 1.82) is 0 Å². The van der Waals surface area contributed by atoms with Crippen LogP contribution >= 0.6 is 0 Å². The summed E-state index contributed by atoms with van der Waals surface area (Å²) in [5, 5.41) is 2.89. The molecular formula is C18H28N2O2. The summed E-state index contributed by atoms with van der Waals surface area (Å²) in [6, 6.07) is 9.67. The normalized spacial score (nSPS) is 12.0. The summed E-state index contributed by atoms with van der Waals surface area (Å²) in [6.45, 7) is 8.19. The summed E-state index contributed by atoms with van der Waals surface area (Å²) in [5.41, 5.74) is 1.17. The maximum absolute atomic E-state index is 12.3. The van der Waals surface area contributed by atoms with Gasteiger partial charge in [0.15, 0.2) is 0 Å². The van der Waals surface area contributed by atoms with E-state index in [-0.39, 0.29) is 17.9 Å². The molecule has 1 rings (SSSR count). The number of rotatable bonds is 8. The van der Waals surface area contributed by atoms with Gasteiger partial charge >= 0.3 is 0 Å². The van der Waals surface area contributed by atoms with Gasteiger partial charge in [0, 0.05) is 19.0 Å². The number of carbonyl (C=O) groups is 2. The molecular weight excluding hydrogens is 276 g/mol. The molecule has 1 atom stereocenters. The number of hydrogen-bond acceptors (Lipinski definition) is 2. The first-order valence-electron chi connectivity index (χ1n) is 8.09. The highest BCUT2D eigenvalue weighted by Crippen LogP contribution is 2.08. The molecule has 0 unspecified atom stereocenters. The van der Waals surface area contributed by atoms with Crippen LogP contribution in [0.5, 0.6) is 0 Å². The van der Waals surface area contributed by atoms with E-state index in [4.69, 9.17) is 0 Å². The monoisotopic (exact) mass is 304 g/mol. The molecule has 0 aliphatic rings. The predicted molar refractivity (Wildman–Crippen MR) is 89.5 cm³/mol. The lowest BCUT2D eigenvalue weighted by Crippen LogP contribution is -2.50. The van der Waals surface area contributed by atoms with Crippen molar-refractivity contribution in [1.82, 2.24) is 10.2 Å². The molecule has 0 saturated heterocycles. The van der Waals surface area contributed by atoms with Crippen molar-refractivity contribution in [3.05, 3.63) is 35.9 Å². The Morgan fingerprint density at radius 2 is 1.77 bits per heavy atom. The summed E-state index contributed by atoms with van der Waals surface area (Å²) >= 11 is 0. The van der Waals surface area contributed by atoms with Gasteiger partial charge in [0.05, 0.1) is 0 Å². The van der Waals surface area contributed by atoms with Crippen LogP contribution in [0.3, 0.4) is 0 Å². The number of hydrogen-bond donors (Lipinski definition) is 1. The highest BCUT2D eigenvalue weighted by atomic mass is 16.2. The molecule has 0 bridgehead atoms. The third-order valence-corrected chi connectivity index (χ3v) is 3.55. The molecule has 0 radical (unpaired) electrons. The van der Waals surface area contributed by atoms with Gasteiger partial charge in [-0.2, -0.15) is 0 Å². The number of benzene rings is 1. The van der Waals surface area contributed by atoms with Crippen LogP contribution < -0.4 is 5.32 Å². The van der Waals surface area contributed by atoms with E-state index in [1.54, 1.807) is 11.8 Å². The standard InChI is InChI=1S/C18H28N2O2/c1-5-9-17(21)20(15(4)18(22)19-14(2)3)13-12-16-10-7-6-8-11-16/h6-8,10-11,14-15H,5,9,12-13H2,1-4H3,(H,19,22)/t15-/m0/s1. The molecule has 0 aliphatic heterocycles. The minimum atomic E-state index is -0.440. The minimum absolute atomic E-state index is 0.0461. The van der Waals surface area contributed by atoms with Gasteiger partial charge in [0.2, 0.25) is 11.8 Å². The number of amides is 2. The first-order chi connectivity index (χ1) is 10.5. The smallest absolute Gasteiger partial charge is 0.242 e. The number of carbonyl (C=O) groups excluding carboxylic acids is 2. The lowest BCUT2D eigenvalue weighted by atomic mass is 10.1. The summed E-state index contributed by atoms with van der Waals surface area (Å²) in [6.07, 6.45) is 2.03. The lowest BCUT2D eigenvalue weighted by Gasteiger charge is -2.29. The van der Waals surface area contributed by atoms with Gasteiger partial charge in [-0.3, -0.25) is 9.59 Å². The number of nitrogens with one attached hydrogen (secondary N) is 1. The molecule has 2 amide bonds. The van der Waals surface area contributed by atoms with Crippen LogP contribution in [-0.4, -0.2) is 35.3 Å². The van der Waals surface area contributed by atoms with Crippen LogP contribution in [0.2, 0.25) is 0 Å². The van der Waals surface area contributed by atoms with E-state index in [2.05, 4.69) is 5.32 Å². The van der Waals surface area contributed by atoms with Crippen molar-refractivity contribution < 1.29 is 9.59 Å². The molecule has 0 heterocycles. The zero-order valence-electron chi connectivity index (χ0n) is 14.1. The van der Waals surface area contributed by atoms with Crippen LogP contribution in [0.1, 0.15) is 46.1 Å². The van der Waals surface area contributed by atoms with Crippen molar-refractivity contribution in [2.75, 3.05) is 6.54 Å². The van der Waals surface area contributed by atoms with Crippen molar-refractivity contribution in [3.63, 3.8) is 0 Å². The first-order valence-corrected chi connectivity index (χ1v) is 8.09. The van der Waals surface area contributed by atoms with Crippen molar-refractivity contribution >= 4 is 11.8 Å². The van der Waals surface area contributed by atoms with Crippen LogP contribution in [0.25, 0.3) is 0 Å². The Hall–Kier alpha value is -1.84. The maximum Gasteiger partial charge on any atom is 0.242 e. The number of nitrogens with zero attached hydrogens (tertiary/aromatic N) is 1. The molecule has 1 N–H and O–H groups in total. The van der Waals surface area contributed by atoms with Crippen molar-refractivity contribution in [2.45, 2.75) is 59.0 Å². The summed E-state index contributed by atoms with van der Waals surface area (Å²) in [7, 11) is 0. The molecule has 0 saturated carbocycles. The molecule has 0 aromatic heterocycles. The van der Waals surface area contributed by atoms with Crippen LogP contribution in [-0.2, 0) is 16.0 Å². The van der Waals surface area contributed by atoms with Crippen LogP contribution in [0.15, 0.2) is 30.3 Å². The average Bonchev–Trinajstić information content (AvgIpc) is 2.48. The second kappa shape index (κ2) is 9.23. The summed E-state index contributed by atoms with van der Waals surface area (Å²) in [5.74, 6) is -0.0441. The van der Waals surface area contributed by atoms with E-state index in [9.17, 15) is 9.59 Å². The molecule has 4 heteroatoms. The van der Waals surface area contributed by atoms with E-state index in [1.165, 1.54) is 5.56 Å². The Balaban J connectivity index is 2.74. The molecule has 1 aromatic carbocycles. The van der Waals surface area contributed by atoms with E-state index in [0.717, 1.165) is 12.8 Å². The molecule has 0 fully saturated rings. The predicted octanol–water partition coefficient (Wildman–Crippen LogP) is 2.77. The third-order valence-electron chi connectivity index (χ3n) is 3.55. The van der Waals surface area contributed by atoms with Gasteiger partial charge in [-0.15, -0.1) is 0 Å². The Morgan fingerprint density at radius 3 is 2.32 bits per heavy atom. The van der Waals surface area contributed by atoms with E-state index < -0.39 is 6.04 Å². The highest BCUT2D eigenvalue weighted by molar-refractivity contribution is 5.87. The zero-order valence-corrected chi connectivity index (χ0v) is 14.1. The lowest BCUT2D eigenvalue weighted by molar-refractivity contribution is -0.140. The van der Waals surface area contributed by atoms with Crippen molar-refractivity contribution in [3.8, 4) is 0 Å². The minimum Gasteiger partial charge on any atom is -0.352 e. The summed E-state index contributed by atoms with van der Waals surface area (Å²) < 4.78 is 0. The maximum atomic E-state index is 12.3. The van der Waals surface area contributed by atoms with Crippen LogP contribution in [0.4, 0.5) is 0 Å². The summed E-state index contributed by atoms with van der Waals surface area (Å²) in [4.78, 5) is 26.3. The molecule has 122 valence electrons. The average molecular weight is 304 g/mol. The van der Waals surface area contributed by atoms with Gasteiger partial charge in [0.25, 0.3) is 0 Å². The van der Waals surface area contributed by atoms with E-state index in [1.807, 2.05) is 51.1 Å². The highest BCUT2D eigenvalue weighted by Gasteiger charge is 2.25. The quantitative estimate of drug-likeness (QED) is 0.803. The van der Waals surface area contributed by atoms with Gasteiger partial charge in [-0.25, -0.2) is 0 Å². The second-order valence-corrected chi connectivity index (χ2v) is 5.91. The molecule has 0 spiro atoms. The Kier molecular flexibility index (Phi) is 7.64. The molecule has 0 aliphatic carbocycles. The fourth-order valence-electron chi connectivity index (χ4n) is 2.33. The van der Waals surface area contributed by atoms with Gasteiger partial charge in [-0.1, -0.05) is 37.3 Å². The molecule has 4 nitrogen and oxygen atoms in total. The topological polar surface area (TPSA) is 49.4 Å². The first kappa shape index (κ1) is 18.2. The molecule has 1 aromatic rings. The Bertz CT molecular complexity index is 471. The fraction of sp³-hybridized carbons (Fsp3) is 0.556. The third kappa shape index (κ3) is 5.88. The fourth-order valence-corrected chi connectivity index (χ4v) is 2.33. The largest absolute Gasteiger partial charge is 0.352 e. The van der Waals surface area contributed by atoms with Gasteiger partial charge in [0.1, 0.15) is 6.04 Å². The van der Waals surface area contributed by atoms with E-state index >= 15 is 0 Å². The van der Waals surface area contributed by atoms with Crippen LogP contribution in [0, 0.1) is 0 Å². The Morgan fingerprint density at radius 1 is 1.14 bits per heavy atom. The Labute approximate surface area is 133 Å². The van der Waals surface area contributed by atoms with E-state index in [0.29, 0.717) is 13.0 Å². The zero-order chi connectivity index (χ0) is 16.5. The van der Waals surface area contributed by atoms with Crippen molar-refractivity contribution in [2.24, 2.45) is 0 Å². The molecule has 22 heavy (non-hydrogen) atoms. The SMILES string of the molecule is CCCC(=O)N(CCc1ccccc1)[C@@H](C)C(=O)NC(C)C. The van der Waals surface area contributed by atoms with Gasteiger partial charge in [-0.05, 0) is 39.2 Å².